The molecule has 51 heavy (non-hydrogen) atoms. The monoisotopic (exact) mass is 652 g/mol. The molecule has 0 saturated heterocycles. The van der Waals surface area contributed by atoms with Crippen molar-refractivity contribution in [3.63, 3.8) is 0 Å². The van der Waals surface area contributed by atoms with Crippen LogP contribution in [0.25, 0.3) is 55.0 Å². The average Bonchev–Trinajstić information content (AvgIpc) is 3.72. The van der Waals surface area contributed by atoms with Gasteiger partial charge in [0.1, 0.15) is 22.7 Å². The van der Waals surface area contributed by atoms with Gasteiger partial charge in [-0.15, -0.1) is 0 Å². The van der Waals surface area contributed by atoms with Crippen LogP contribution in [0, 0.1) is 0 Å². The summed E-state index contributed by atoms with van der Waals surface area (Å²) in [5.41, 5.74) is 11.7. The summed E-state index contributed by atoms with van der Waals surface area (Å²) in [5.74, 6) is 0. The highest BCUT2D eigenvalue weighted by Crippen LogP contribution is 2.51. The fourth-order valence-corrected chi connectivity index (χ4v) is 8.27. The molecule has 0 radical (unpaired) electrons. The van der Waals surface area contributed by atoms with Crippen molar-refractivity contribution in [3.8, 4) is 11.4 Å². The highest BCUT2D eigenvalue weighted by molar-refractivity contribution is 6.12. The number of quaternary nitrogens is 1. The van der Waals surface area contributed by atoms with Crippen LogP contribution in [0.3, 0.4) is 0 Å². The Morgan fingerprint density at radius 1 is 0.255 bits per heavy atom. The van der Waals surface area contributed by atoms with E-state index in [-0.39, 0.29) is 0 Å². The van der Waals surface area contributed by atoms with Gasteiger partial charge in [0.15, 0.2) is 0 Å². The molecule has 0 bridgehead atoms. The molecule has 0 fully saturated rings. The van der Waals surface area contributed by atoms with Crippen LogP contribution in [-0.4, -0.2) is 9.13 Å². The smallest absolute Gasteiger partial charge is 0.150 e. The highest BCUT2D eigenvalue weighted by atomic mass is 15.4. The van der Waals surface area contributed by atoms with Gasteiger partial charge in [-0.05, 0) is 42.5 Å². The van der Waals surface area contributed by atoms with E-state index in [0.29, 0.717) is 4.48 Å². The van der Waals surface area contributed by atoms with Gasteiger partial charge >= 0.3 is 0 Å². The van der Waals surface area contributed by atoms with E-state index < -0.39 is 0 Å². The van der Waals surface area contributed by atoms with E-state index in [1.54, 1.807) is 0 Å². The first-order chi connectivity index (χ1) is 25.3. The lowest BCUT2D eigenvalue weighted by molar-refractivity contribution is 0.703. The van der Waals surface area contributed by atoms with E-state index >= 15 is 0 Å². The zero-order valence-electron chi connectivity index (χ0n) is 28.0. The fourth-order valence-electron chi connectivity index (χ4n) is 8.27. The average molecular weight is 653 g/mol. The van der Waals surface area contributed by atoms with E-state index in [9.17, 15) is 0 Å². The van der Waals surface area contributed by atoms with Crippen molar-refractivity contribution < 1.29 is 0 Å². The number of aromatic nitrogens is 2. The molecule has 0 aliphatic heterocycles. The van der Waals surface area contributed by atoms with Crippen molar-refractivity contribution in [3.05, 3.63) is 206 Å². The number of hydrogen-bond donors (Lipinski definition) is 0. The van der Waals surface area contributed by atoms with Gasteiger partial charge in [0.25, 0.3) is 0 Å². The van der Waals surface area contributed by atoms with Gasteiger partial charge in [-0.2, -0.15) is 4.48 Å². The largest absolute Gasteiger partial charge is 0.309 e. The summed E-state index contributed by atoms with van der Waals surface area (Å²) in [7, 11) is 0. The minimum absolute atomic E-state index is 0.450. The topological polar surface area (TPSA) is 9.86 Å². The molecule has 3 nitrogen and oxygen atoms in total. The zero-order valence-corrected chi connectivity index (χ0v) is 28.0. The maximum absolute atomic E-state index is 2.43. The van der Waals surface area contributed by atoms with Gasteiger partial charge in [0.05, 0.1) is 27.8 Å². The lowest BCUT2D eigenvalue weighted by atomic mass is 10.1. The standard InChI is InChI=1S/C48H34N3/c1-4-18-37(19-5-1)51(38-20-6-2-7-21-38,39-22-8-3-9-23-39)40-24-16-17-35(33-40)49-47-30-15-12-27-43(47)44-34-36(31-32-48(44)49)50-45-28-13-10-25-41(45)42-26-11-14-29-46(42)50/h1-34H/q+1. The summed E-state index contributed by atoms with van der Waals surface area (Å²) in [5, 5.41) is 4.99. The molecule has 240 valence electrons. The molecule has 0 aliphatic rings. The lowest BCUT2D eigenvalue weighted by Gasteiger charge is -2.37. The first-order valence-corrected chi connectivity index (χ1v) is 17.5. The third-order valence-electron chi connectivity index (χ3n) is 10.4. The predicted octanol–water partition coefficient (Wildman–Crippen LogP) is 13.2. The van der Waals surface area contributed by atoms with Gasteiger partial charge < -0.3 is 9.13 Å². The maximum atomic E-state index is 2.43. The van der Waals surface area contributed by atoms with Crippen molar-refractivity contribution in [2.24, 2.45) is 0 Å². The molecule has 0 saturated carbocycles. The third-order valence-corrected chi connectivity index (χ3v) is 10.4. The minimum Gasteiger partial charge on any atom is -0.309 e. The van der Waals surface area contributed by atoms with Crippen LogP contribution in [0.15, 0.2) is 206 Å². The van der Waals surface area contributed by atoms with E-state index in [4.69, 9.17) is 0 Å². The Balaban J connectivity index is 1.23. The molecule has 2 aromatic heterocycles. The van der Waals surface area contributed by atoms with Crippen LogP contribution in [0.1, 0.15) is 0 Å². The molecule has 3 heteroatoms. The highest BCUT2D eigenvalue weighted by Gasteiger charge is 2.39. The third kappa shape index (κ3) is 4.42. The number of rotatable bonds is 6. The molecular formula is C48H34N3+. The van der Waals surface area contributed by atoms with E-state index in [1.807, 2.05) is 0 Å². The van der Waals surface area contributed by atoms with Gasteiger partial charge in [0, 0.05) is 75.8 Å². The van der Waals surface area contributed by atoms with Crippen LogP contribution < -0.4 is 4.48 Å². The second kappa shape index (κ2) is 11.7. The van der Waals surface area contributed by atoms with E-state index in [1.165, 1.54) is 60.7 Å². The molecule has 0 aliphatic carbocycles. The van der Waals surface area contributed by atoms with E-state index in [0.717, 1.165) is 17.1 Å². The number of fused-ring (bicyclic) bond motifs is 6. The molecule has 0 unspecified atom stereocenters. The molecule has 0 spiro atoms. The Morgan fingerprint density at radius 3 is 1.12 bits per heavy atom. The zero-order chi connectivity index (χ0) is 33.8. The molecule has 10 aromatic rings. The normalized spacial score (nSPS) is 11.9. The SMILES string of the molecule is c1ccc([N+](c2ccccc2)(c2ccccc2)c2cccc(-n3c4ccccc4c4cc(-n5c6ccccc6c6ccccc65)ccc43)c2)cc1. The summed E-state index contributed by atoms with van der Waals surface area (Å²) >= 11 is 0. The molecule has 10 rings (SSSR count). The van der Waals surface area contributed by atoms with E-state index in [2.05, 4.69) is 215 Å². The van der Waals surface area contributed by atoms with Crippen molar-refractivity contribution in [1.82, 2.24) is 13.6 Å². The van der Waals surface area contributed by atoms with Gasteiger partial charge in [-0.1, -0.05) is 115 Å². The Labute approximate surface area is 296 Å². The van der Waals surface area contributed by atoms with Crippen LogP contribution in [0.2, 0.25) is 0 Å². The molecular weight excluding hydrogens is 619 g/mol. The molecule has 2 heterocycles. The number of benzene rings is 8. The summed E-state index contributed by atoms with van der Waals surface area (Å²) in [4.78, 5) is 0. The molecule has 0 N–H and O–H groups in total. The second-order valence-corrected chi connectivity index (χ2v) is 13.1. The summed E-state index contributed by atoms with van der Waals surface area (Å²) in [6, 6.07) is 74.8. The lowest BCUT2D eigenvalue weighted by Crippen LogP contribution is -2.33. The Hall–Kier alpha value is -6.68. The van der Waals surface area contributed by atoms with Crippen LogP contribution in [-0.2, 0) is 0 Å². The van der Waals surface area contributed by atoms with Crippen molar-refractivity contribution in [2.75, 3.05) is 0 Å². The Kier molecular flexibility index (Phi) is 6.73. The van der Waals surface area contributed by atoms with Crippen molar-refractivity contribution in [2.45, 2.75) is 0 Å². The Morgan fingerprint density at radius 2 is 0.627 bits per heavy atom. The van der Waals surface area contributed by atoms with Crippen molar-refractivity contribution >= 4 is 66.4 Å². The Bertz CT molecular complexity index is 2700. The molecule has 0 amide bonds. The van der Waals surface area contributed by atoms with Crippen LogP contribution in [0.5, 0.6) is 0 Å². The summed E-state index contributed by atoms with van der Waals surface area (Å²) in [6.07, 6.45) is 0. The first kappa shape index (κ1) is 29.3. The summed E-state index contributed by atoms with van der Waals surface area (Å²) in [6.45, 7) is 0. The maximum Gasteiger partial charge on any atom is 0.150 e. The number of hydrogen-bond acceptors (Lipinski definition) is 0. The predicted molar refractivity (Wildman–Crippen MR) is 215 cm³/mol. The molecule has 8 aromatic carbocycles. The minimum atomic E-state index is 0.450. The first-order valence-electron chi connectivity index (χ1n) is 17.5. The quantitative estimate of drug-likeness (QED) is 0.158. The second-order valence-electron chi connectivity index (χ2n) is 13.1. The summed E-state index contributed by atoms with van der Waals surface area (Å²) < 4.78 is 5.28. The van der Waals surface area contributed by atoms with Gasteiger partial charge in [-0.25, -0.2) is 0 Å². The number of nitrogens with zero attached hydrogens (tertiary/aromatic N) is 3. The molecule has 0 atom stereocenters. The fraction of sp³-hybridized carbons (Fsp3) is 0. The van der Waals surface area contributed by atoms with Crippen LogP contribution in [0.4, 0.5) is 22.7 Å². The van der Waals surface area contributed by atoms with Gasteiger partial charge in [0.2, 0.25) is 0 Å². The van der Waals surface area contributed by atoms with Crippen molar-refractivity contribution in [1.29, 1.82) is 0 Å². The van der Waals surface area contributed by atoms with Crippen LogP contribution >= 0.6 is 0 Å². The number of para-hydroxylation sites is 6. The van der Waals surface area contributed by atoms with Gasteiger partial charge in [-0.3, -0.25) is 0 Å².